The van der Waals surface area contributed by atoms with Gasteiger partial charge in [0.2, 0.25) is 0 Å². The molecule has 0 aromatic heterocycles. The Balaban J connectivity index is 1.67. The maximum Gasteiger partial charge on any atom is 0.171 e. The lowest BCUT2D eigenvalue weighted by Crippen LogP contribution is -3.14. The first-order valence-corrected chi connectivity index (χ1v) is 9.74. The molecule has 3 N–H and O–H groups in total. The molecular formula is C21H28N3O2S+. The lowest BCUT2D eigenvalue weighted by molar-refractivity contribution is -0.909. The monoisotopic (exact) mass is 386 g/mol. The van der Waals surface area contributed by atoms with E-state index in [0.29, 0.717) is 5.11 Å². The quantitative estimate of drug-likeness (QED) is 0.663. The van der Waals surface area contributed by atoms with Crippen LogP contribution in [0.25, 0.3) is 0 Å². The fraction of sp³-hybridized carbons (Fsp3) is 0.381. The Morgan fingerprint density at radius 2 is 1.78 bits per heavy atom. The van der Waals surface area contributed by atoms with Crippen molar-refractivity contribution in [2.24, 2.45) is 0 Å². The summed E-state index contributed by atoms with van der Waals surface area (Å²) < 4.78 is 10.7. The zero-order valence-electron chi connectivity index (χ0n) is 16.0. The van der Waals surface area contributed by atoms with E-state index >= 15 is 0 Å². The molecule has 0 spiro atoms. The molecule has 5 nitrogen and oxygen atoms in total. The molecule has 2 aromatic carbocycles. The molecule has 0 unspecified atom stereocenters. The smallest absolute Gasteiger partial charge is 0.171 e. The number of nitrogens with one attached hydrogen (secondary N) is 3. The van der Waals surface area contributed by atoms with E-state index in [1.54, 1.807) is 7.11 Å². The largest absolute Gasteiger partial charge is 0.497 e. The average Bonchev–Trinajstić information content (AvgIpc) is 2.69. The molecule has 1 aliphatic rings. The molecule has 1 heterocycles. The molecular weight excluding hydrogens is 358 g/mol. The van der Waals surface area contributed by atoms with Gasteiger partial charge in [0, 0.05) is 5.69 Å². The lowest BCUT2D eigenvalue weighted by atomic mass is 10.0. The number of anilines is 1. The molecule has 144 valence electrons. The second kappa shape index (κ2) is 9.69. The Morgan fingerprint density at radius 1 is 1.11 bits per heavy atom. The van der Waals surface area contributed by atoms with Crippen LogP contribution in [0.4, 0.5) is 5.69 Å². The zero-order valence-corrected chi connectivity index (χ0v) is 16.8. The van der Waals surface area contributed by atoms with Crippen LogP contribution < -0.4 is 20.3 Å². The Bertz CT molecular complexity index is 728. The highest BCUT2D eigenvalue weighted by molar-refractivity contribution is 7.80. The number of hydrogen-bond donors (Lipinski definition) is 3. The van der Waals surface area contributed by atoms with Crippen LogP contribution in [0.3, 0.4) is 0 Å². The van der Waals surface area contributed by atoms with Gasteiger partial charge in [-0.2, -0.15) is 0 Å². The number of hydrogen-bond acceptors (Lipinski definition) is 3. The highest BCUT2D eigenvalue weighted by Crippen LogP contribution is 2.16. The van der Waals surface area contributed by atoms with Crippen molar-refractivity contribution in [3.05, 3.63) is 59.7 Å². The van der Waals surface area contributed by atoms with Crippen LogP contribution in [0.1, 0.15) is 17.2 Å². The number of morpholine rings is 1. The average molecular weight is 387 g/mol. The minimum atomic E-state index is 0.150. The Kier molecular flexibility index (Phi) is 7.04. The minimum Gasteiger partial charge on any atom is -0.497 e. The number of methoxy groups -OCH3 is 1. The molecule has 3 rings (SSSR count). The van der Waals surface area contributed by atoms with E-state index in [-0.39, 0.29) is 6.04 Å². The summed E-state index contributed by atoms with van der Waals surface area (Å²) in [5, 5.41) is 7.40. The van der Waals surface area contributed by atoms with Gasteiger partial charge in [0.05, 0.1) is 20.3 Å². The van der Waals surface area contributed by atoms with Crippen LogP contribution in [-0.4, -0.2) is 45.1 Å². The van der Waals surface area contributed by atoms with Gasteiger partial charge in [-0.3, -0.25) is 0 Å². The summed E-state index contributed by atoms with van der Waals surface area (Å²) in [6.45, 7) is 6.78. The molecule has 0 saturated carbocycles. The summed E-state index contributed by atoms with van der Waals surface area (Å²) in [7, 11) is 1.66. The first kappa shape index (κ1) is 19.6. The summed E-state index contributed by atoms with van der Waals surface area (Å²) in [5.41, 5.74) is 3.45. The van der Waals surface area contributed by atoms with Crippen LogP contribution in [0.5, 0.6) is 5.75 Å². The van der Waals surface area contributed by atoms with Gasteiger partial charge in [-0.1, -0.05) is 29.8 Å². The summed E-state index contributed by atoms with van der Waals surface area (Å²) >= 11 is 5.58. The van der Waals surface area contributed by atoms with E-state index in [1.165, 1.54) is 16.0 Å². The summed E-state index contributed by atoms with van der Waals surface area (Å²) in [5.74, 6) is 0.827. The number of rotatable bonds is 6. The van der Waals surface area contributed by atoms with Crippen molar-refractivity contribution in [3.63, 3.8) is 0 Å². The molecule has 1 saturated heterocycles. The molecule has 0 bridgehead atoms. The van der Waals surface area contributed by atoms with Crippen molar-refractivity contribution in [3.8, 4) is 5.75 Å². The van der Waals surface area contributed by atoms with Crippen molar-refractivity contribution in [1.82, 2.24) is 5.32 Å². The summed E-state index contributed by atoms with van der Waals surface area (Å²) in [6.07, 6.45) is 0. The van der Waals surface area contributed by atoms with Crippen LogP contribution in [0.2, 0.25) is 0 Å². The lowest BCUT2D eigenvalue weighted by Gasteiger charge is -2.29. The molecule has 1 atom stereocenters. The molecule has 27 heavy (non-hydrogen) atoms. The normalized spacial score (nSPS) is 15.8. The third kappa shape index (κ3) is 5.92. The van der Waals surface area contributed by atoms with Gasteiger partial charge in [0.1, 0.15) is 31.4 Å². The summed E-state index contributed by atoms with van der Waals surface area (Å²) in [4.78, 5) is 1.53. The third-order valence-corrected chi connectivity index (χ3v) is 5.05. The second-order valence-corrected chi connectivity index (χ2v) is 7.26. The van der Waals surface area contributed by atoms with Crippen molar-refractivity contribution in [1.29, 1.82) is 0 Å². The van der Waals surface area contributed by atoms with Gasteiger partial charge < -0.3 is 25.0 Å². The maximum absolute atomic E-state index is 5.58. The van der Waals surface area contributed by atoms with Gasteiger partial charge >= 0.3 is 0 Å². The standard InChI is InChI=1S/C21H27N3O2S/c1-16-3-5-17(6-4-16)20(15-24-11-13-26-14-12-24)23-21(27)22-18-7-9-19(25-2)10-8-18/h3-10,20H,11-15H2,1-2H3,(H2,22,23,27)/p+1/t20-/m1/s1. The Hall–Kier alpha value is -2.15. The molecule has 1 fully saturated rings. The topological polar surface area (TPSA) is 47.0 Å². The van der Waals surface area contributed by atoms with Gasteiger partial charge in [-0.25, -0.2) is 0 Å². The van der Waals surface area contributed by atoms with Crippen LogP contribution in [-0.2, 0) is 4.74 Å². The van der Waals surface area contributed by atoms with Gasteiger partial charge in [0.15, 0.2) is 5.11 Å². The van der Waals surface area contributed by atoms with E-state index in [1.807, 2.05) is 24.3 Å². The van der Waals surface area contributed by atoms with Gasteiger partial charge in [-0.15, -0.1) is 0 Å². The maximum atomic E-state index is 5.58. The first-order chi connectivity index (χ1) is 13.1. The minimum absolute atomic E-state index is 0.150. The van der Waals surface area contributed by atoms with E-state index in [2.05, 4.69) is 41.8 Å². The number of quaternary nitrogens is 1. The van der Waals surface area contributed by atoms with E-state index in [9.17, 15) is 0 Å². The predicted molar refractivity (Wildman–Crippen MR) is 113 cm³/mol. The van der Waals surface area contributed by atoms with Crippen LogP contribution in [0, 0.1) is 6.92 Å². The summed E-state index contributed by atoms with van der Waals surface area (Å²) in [6, 6.07) is 16.6. The van der Waals surface area contributed by atoms with Crippen molar-refractivity contribution >= 4 is 23.0 Å². The van der Waals surface area contributed by atoms with E-state index in [0.717, 1.165) is 44.3 Å². The third-order valence-electron chi connectivity index (χ3n) is 4.83. The van der Waals surface area contributed by atoms with Crippen molar-refractivity contribution in [2.45, 2.75) is 13.0 Å². The highest BCUT2D eigenvalue weighted by Gasteiger charge is 2.22. The van der Waals surface area contributed by atoms with Crippen LogP contribution >= 0.6 is 12.2 Å². The van der Waals surface area contributed by atoms with E-state index in [4.69, 9.17) is 21.7 Å². The number of thiocarbonyl (C=S) groups is 1. The first-order valence-electron chi connectivity index (χ1n) is 9.33. The second-order valence-electron chi connectivity index (χ2n) is 6.86. The molecule has 2 aromatic rings. The van der Waals surface area contributed by atoms with Crippen molar-refractivity contribution < 1.29 is 14.4 Å². The van der Waals surface area contributed by atoms with Gasteiger partial charge in [-0.05, 0) is 49.0 Å². The molecule has 1 aliphatic heterocycles. The number of benzene rings is 2. The molecule has 0 aliphatic carbocycles. The van der Waals surface area contributed by atoms with Gasteiger partial charge in [0.25, 0.3) is 0 Å². The predicted octanol–water partition coefficient (Wildman–Crippen LogP) is 1.95. The fourth-order valence-corrected chi connectivity index (χ4v) is 3.46. The highest BCUT2D eigenvalue weighted by atomic mass is 32.1. The fourth-order valence-electron chi connectivity index (χ4n) is 3.20. The Labute approximate surface area is 166 Å². The SMILES string of the molecule is COc1ccc(NC(=S)N[C@H](C[NH+]2CCOCC2)c2ccc(C)cc2)cc1. The molecule has 0 radical (unpaired) electrons. The van der Waals surface area contributed by atoms with Crippen LogP contribution in [0.15, 0.2) is 48.5 Å². The van der Waals surface area contributed by atoms with Crippen molar-refractivity contribution in [2.75, 3.05) is 45.3 Å². The number of aryl methyl sites for hydroxylation is 1. The molecule has 6 heteroatoms. The number of ether oxygens (including phenoxy) is 2. The zero-order chi connectivity index (χ0) is 19.1. The Morgan fingerprint density at radius 3 is 2.41 bits per heavy atom. The molecule has 0 amide bonds. The van der Waals surface area contributed by atoms with E-state index < -0.39 is 0 Å².